The number of rotatable bonds is 11. The summed E-state index contributed by atoms with van der Waals surface area (Å²) in [6.07, 6.45) is 0.652. The van der Waals surface area contributed by atoms with E-state index in [1.54, 1.807) is 53.4 Å². The second-order valence-corrected chi connectivity index (χ2v) is 11.4. The van der Waals surface area contributed by atoms with Crippen LogP contribution in [-0.2, 0) is 16.1 Å². The van der Waals surface area contributed by atoms with Crippen LogP contribution in [0.3, 0.4) is 0 Å². The zero-order chi connectivity index (χ0) is 29.4. The SMILES string of the molecule is CCn1c(SCC(=O)Nc2cccc(C(=O)N3CCOCC3)c2)nnc1[C@@H](CC(C)C)NC(=O)c1ccccc1Cl. The molecule has 2 aromatic carbocycles. The van der Waals surface area contributed by atoms with E-state index in [0.29, 0.717) is 72.1 Å². The van der Waals surface area contributed by atoms with E-state index in [4.69, 9.17) is 16.3 Å². The molecule has 10 nitrogen and oxygen atoms in total. The minimum Gasteiger partial charge on any atom is -0.378 e. The monoisotopic (exact) mass is 598 g/mol. The summed E-state index contributed by atoms with van der Waals surface area (Å²) in [5.74, 6) is 0.402. The maximum atomic E-state index is 13.0. The highest BCUT2D eigenvalue weighted by molar-refractivity contribution is 7.99. The van der Waals surface area contributed by atoms with Gasteiger partial charge in [0.15, 0.2) is 11.0 Å². The molecule has 0 aliphatic carbocycles. The molecule has 3 aromatic rings. The highest BCUT2D eigenvalue weighted by atomic mass is 35.5. The summed E-state index contributed by atoms with van der Waals surface area (Å²) in [5.41, 5.74) is 1.46. The summed E-state index contributed by atoms with van der Waals surface area (Å²) in [6.45, 7) is 8.83. The summed E-state index contributed by atoms with van der Waals surface area (Å²) in [4.78, 5) is 40.4. The van der Waals surface area contributed by atoms with Crippen LogP contribution in [0.15, 0.2) is 53.7 Å². The molecule has 2 N–H and O–H groups in total. The smallest absolute Gasteiger partial charge is 0.254 e. The normalized spacial score (nSPS) is 14.1. The number of halogens is 1. The molecule has 3 amide bonds. The minimum atomic E-state index is -0.388. The van der Waals surface area contributed by atoms with Crippen LogP contribution in [0.4, 0.5) is 5.69 Å². The number of amides is 3. The molecule has 1 aliphatic heterocycles. The van der Waals surface area contributed by atoms with Crippen LogP contribution in [0.25, 0.3) is 0 Å². The quantitative estimate of drug-likeness (QED) is 0.308. The summed E-state index contributed by atoms with van der Waals surface area (Å²) < 4.78 is 7.24. The lowest BCUT2D eigenvalue weighted by Crippen LogP contribution is -2.40. The summed E-state index contributed by atoms with van der Waals surface area (Å²) in [6, 6.07) is 13.5. The Labute approximate surface area is 249 Å². The van der Waals surface area contributed by atoms with Crippen molar-refractivity contribution >= 4 is 46.8 Å². The highest BCUT2D eigenvalue weighted by Gasteiger charge is 2.25. The van der Waals surface area contributed by atoms with Crippen LogP contribution in [0.5, 0.6) is 0 Å². The van der Waals surface area contributed by atoms with E-state index in [9.17, 15) is 14.4 Å². The lowest BCUT2D eigenvalue weighted by Gasteiger charge is -2.27. The van der Waals surface area contributed by atoms with Gasteiger partial charge in [0, 0.05) is 30.9 Å². The Hall–Kier alpha value is -3.41. The number of carbonyl (C=O) groups excluding carboxylic acids is 3. The van der Waals surface area contributed by atoms with Gasteiger partial charge in [-0.1, -0.05) is 55.4 Å². The van der Waals surface area contributed by atoms with E-state index in [2.05, 4.69) is 34.7 Å². The standard InChI is InChI=1S/C29H35ClN6O4S/c1-4-36-26(24(16-19(2)3)32-27(38)22-10-5-6-11-23(22)30)33-34-29(36)41-18-25(37)31-21-9-7-8-20(17-21)28(39)35-12-14-40-15-13-35/h5-11,17,19,24H,4,12-16,18H2,1-3H3,(H,31,37)(H,32,38)/t24-/m1/s1. The molecule has 1 fully saturated rings. The number of hydrogen-bond acceptors (Lipinski definition) is 7. The lowest BCUT2D eigenvalue weighted by atomic mass is 10.0. The van der Waals surface area contributed by atoms with Gasteiger partial charge in [-0.25, -0.2) is 0 Å². The molecule has 12 heteroatoms. The molecule has 1 atom stereocenters. The van der Waals surface area contributed by atoms with Gasteiger partial charge in [0.2, 0.25) is 5.91 Å². The Morgan fingerprint density at radius 3 is 2.54 bits per heavy atom. The van der Waals surface area contributed by atoms with Crippen LogP contribution < -0.4 is 10.6 Å². The van der Waals surface area contributed by atoms with Crippen molar-refractivity contribution in [2.75, 3.05) is 37.4 Å². The number of nitrogens with zero attached hydrogens (tertiary/aromatic N) is 4. The molecular weight excluding hydrogens is 564 g/mol. The van der Waals surface area contributed by atoms with Crippen LogP contribution in [-0.4, -0.2) is 69.4 Å². The molecule has 1 aromatic heterocycles. The number of benzene rings is 2. The Morgan fingerprint density at radius 2 is 1.83 bits per heavy atom. The number of ether oxygens (including phenoxy) is 1. The number of aromatic nitrogens is 3. The van der Waals surface area contributed by atoms with Gasteiger partial charge in [0.1, 0.15) is 0 Å². The minimum absolute atomic E-state index is 0.0834. The molecule has 1 aliphatic rings. The molecule has 4 rings (SSSR count). The summed E-state index contributed by atoms with van der Waals surface area (Å²) in [5, 5.41) is 15.6. The van der Waals surface area contributed by atoms with Crippen molar-refractivity contribution in [3.05, 3.63) is 70.5 Å². The first kappa shape index (κ1) is 30.5. The molecule has 218 valence electrons. The lowest BCUT2D eigenvalue weighted by molar-refractivity contribution is -0.113. The third-order valence-corrected chi connectivity index (χ3v) is 7.82. The van der Waals surface area contributed by atoms with E-state index in [1.165, 1.54) is 11.8 Å². The van der Waals surface area contributed by atoms with E-state index in [1.807, 2.05) is 11.5 Å². The largest absolute Gasteiger partial charge is 0.378 e. The first-order chi connectivity index (χ1) is 19.8. The second-order valence-electron chi connectivity index (χ2n) is 10.0. The second kappa shape index (κ2) is 14.5. The van der Waals surface area contributed by atoms with Crippen LogP contribution in [0.2, 0.25) is 5.02 Å². The molecule has 41 heavy (non-hydrogen) atoms. The highest BCUT2D eigenvalue weighted by Crippen LogP contribution is 2.26. The van der Waals surface area contributed by atoms with E-state index in [0.717, 1.165) is 0 Å². The fourth-order valence-electron chi connectivity index (χ4n) is 4.55. The van der Waals surface area contributed by atoms with Crippen molar-refractivity contribution in [3.63, 3.8) is 0 Å². The first-order valence-corrected chi connectivity index (χ1v) is 15.0. The predicted octanol–water partition coefficient (Wildman–Crippen LogP) is 4.67. The van der Waals surface area contributed by atoms with Crippen molar-refractivity contribution in [1.29, 1.82) is 0 Å². The predicted molar refractivity (Wildman–Crippen MR) is 159 cm³/mol. The number of hydrogen-bond donors (Lipinski definition) is 2. The van der Waals surface area contributed by atoms with Crippen molar-refractivity contribution in [2.24, 2.45) is 5.92 Å². The maximum Gasteiger partial charge on any atom is 0.254 e. The van der Waals surface area contributed by atoms with Gasteiger partial charge in [-0.3, -0.25) is 14.4 Å². The molecular formula is C29H35ClN6O4S. The maximum absolute atomic E-state index is 13.0. The Kier molecular flexibility index (Phi) is 10.8. The zero-order valence-corrected chi connectivity index (χ0v) is 25.0. The summed E-state index contributed by atoms with van der Waals surface area (Å²) >= 11 is 7.51. The third-order valence-electron chi connectivity index (χ3n) is 6.53. The number of nitrogens with one attached hydrogen (secondary N) is 2. The van der Waals surface area contributed by atoms with Gasteiger partial charge in [0.25, 0.3) is 11.8 Å². The molecule has 0 unspecified atom stereocenters. The van der Waals surface area contributed by atoms with E-state index < -0.39 is 0 Å². The van der Waals surface area contributed by atoms with Gasteiger partial charge in [-0.15, -0.1) is 10.2 Å². The van der Waals surface area contributed by atoms with E-state index in [-0.39, 0.29) is 35.4 Å². The van der Waals surface area contributed by atoms with Crippen molar-refractivity contribution in [1.82, 2.24) is 25.0 Å². The Bertz CT molecular complexity index is 1370. The van der Waals surface area contributed by atoms with Gasteiger partial charge < -0.3 is 24.8 Å². The van der Waals surface area contributed by atoms with Crippen molar-refractivity contribution in [2.45, 2.75) is 44.9 Å². The van der Waals surface area contributed by atoms with E-state index >= 15 is 0 Å². The first-order valence-electron chi connectivity index (χ1n) is 13.6. The van der Waals surface area contributed by atoms with Crippen LogP contribution in [0, 0.1) is 5.92 Å². The van der Waals surface area contributed by atoms with Gasteiger partial charge in [0.05, 0.1) is 35.6 Å². The zero-order valence-electron chi connectivity index (χ0n) is 23.4. The Morgan fingerprint density at radius 1 is 1.07 bits per heavy atom. The third kappa shape index (κ3) is 8.08. The summed E-state index contributed by atoms with van der Waals surface area (Å²) in [7, 11) is 0. The number of thioether (sulfide) groups is 1. The topological polar surface area (TPSA) is 118 Å². The Balaban J connectivity index is 1.41. The number of morpholine rings is 1. The van der Waals surface area contributed by atoms with Crippen molar-refractivity contribution in [3.8, 4) is 0 Å². The molecule has 0 saturated carbocycles. The average Bonchev–Trinajstić information content (AvgIpc) is 3.39. The number of anilines is 1. The van der Waals surface area contributed by atoms with Gasteiger partial charge >= 0.3 is 0 Å². The van der Waals surface area contributed by atoms with Crippen LogP contribution >= 0.6 is 23.4 Å². The number of carbonyl (C=O) groups is 3. The fraction of sp³-hybridized carbons (Fsp3) is 0.414. The molecule has 2 heterocycles. The van der Waals surface area contributed by atoms with Gasteiger partial charge in [-0.05, 0) is 49.6 Å². The fourth-order valence-corrected chi connectivity index (χ4v) is 5.58. The molecule has 0 bridgehead atoms. The molecule has 0 spiro atoms. The molecule has 1 saturated heterocycles. The van der Waals surface area contributed by atoms with Crippen molar-refractivity contribution < 1.29 is 19.1 Å². The average molecular weight is 599 g/mol. The van der Waals surface area contributed by atoms with Crippen LogP contribution in [0.1, 0.15) is 59.8 Å². The molecule has 0 radical (unpaired) electrons. The van der Waals surface area contributed by atoms with Gasteiger partial charge in [-0.2, -0.15) is 0 Å².